The number of carboxylic acid groups (broad SMARTS) is 1. The fourth-order valence-corrected chi connectivity index (χ4v) is 4.41. The van der Waals surface area contributed by atoms with Gasteiger partial charge in [0.15, 0.2) is 0 Å². The van der Waals surface area contributed by atoms with Crippen LogP contribution in [0, 0.1) is 0 Å². The predicted molar refractivity (Wildman–Crippen MR) is 134 cm³/mol. The molecular formula is C28H28N2O5. The molecule has 0 aliphatic heterocycles. The summed E-state index contributed by atoms with van der Waals surface area (Å²) in [6.45, 7) is 2.18. The van der Waals surface area contributed by atoms with Gasteiger partial charge in [-0.3, -0.25) is 4.79 Å². The SMILES string of the molecule is CCC(CCC(=O)Nc1ccc(C(=O)O)cc1)NC(=O)OCC1c2ccccc2-c2ccccc21. The molecule has 0 fully saturated rings. The number of ether oxygens (including phenoxy) is 1. The average Bonchev–Trinajstić information content (AvgIpc) is 3.19. The molecular weight excluding hydrogens is 444 g/mol. The molecule has 0 heterocycles. The molecule has 7 heteroatoms. The Morgan fingerprint density at radius 3 is 2.09 bits per heavy atom. The second-order valence-electron chi connectivity index (χ2n) is 8.54. The van der Waals surface area contributed by atoms with E-state index in [4.69, 9.17) is 9.84 Å². The molecule has 1 aliphatic rings. The van der Waals surface area contributed by atoms with Crippen molar-refractivity contribution in [1.82, 2.24) is 5.32 Å². The van der Waals surface area contributed by atoms with Crippen molar-refractivity contribution in [2.75, 3.05) is 11.9 Å². The number of amides is 2. The van der Waals surface area contributed by atoms with E-state index in [1.165, 1.54) is 23.3 Å². The van der Waals surface area contributed by atoms with Gasteiger partial charge in [-0.15, -0.1) is 0 Å². The van der Waals surface area contributed by atoms with Crippen molar-refractivity contribution in [3.63, 3.8) is 0 Å². The molecule has 1 aliphatic carbocycles. The zero-order valence-electron chi connectivity index (χ0n) is 19.5. The van der Waals surface area contributed by atoms with Crippen LogP contribution in [0.1, 0.15) is 53.6 Å². The molecule has 1 unspecified atom stereocenters. The van der Waals surface area contributed by atoms with Crippen LogP contribution in [0.4, 0.5) is 10.5 Å². The van der Waals surface area contributed by atoms with E-state index in [9.17, 15) is 14.4 Å². The van der Waals surface area contributed by atoms with Crippen LogP contribution >= 0.6 is 0 Å². The fraction of sp³-hybridized carbons (Fsp3) is 0.250. The summed E-state index contributed by atoms with van der Waals surface area (Å²) in [5, 5.41) is 14.6. The third-order valence-electron chi connectivity index (χ3n) is 6.29. The minimum absolute atomic E-state index is 0.00785. The maximum atomic E-state index is 12.5. The molecule has 0 saturated heterocycles. The summed E-state index contributed by atoms with van der Waals surface area (Å²) in [4.78, 5) is 35.8. The lowest BCUT2D eigenvalue weighted by molar-refractivity contribution is -0.116. The van der Waals surface area contributed by atoms with E-state index in [-0.39, 0.29) is 36.5 Å². The van der Waals surface area contributed by atoms with E-state index in [0.717, 1.165) is 11.1 Å². The highest BCUT2D eigenvalue weighted by molar-refractivity contribution is 5.92. The summed E-state index contributed by atoms with van der Waals surface area (Å²) in [7, 11) is 0. The highest BCUT2D eigenvalue weighted by atomic mass is 16.5. The number of carbonyl (C=O) groups excluding carboxylic acids is 2. The minimum Gasteiger partial charge on any atom is -0.478 e. The molecule has 0 spiro atoms. The molecule has 7 nitrogen and oxygen atoms in total. The molecule has 3 N–H and O–H groups in total. The van der Waals surface area contributed by atoms with Crippen LogP contribution in [0.25, 0.3) is 11.1 Å². The number of carbonyl (C=O) groups is 3. The zero-order valence-corrected chi connectivity index (χ0v) is 19.5. The summed E-state index contributed by atoms with van der Waals surface area (Å²) < 4.78 is 5.61. The lowest BCUT2D eigenvalue weighted by Gasteiger charge is -2.19. The quantitative estimate of drug-likeness (QED) is 0.386. The molecule has 180 valence electrons. The number of hydrogen-bond donors (Lipinski definition) is 3. The second-order valence-corrected chi connectivity index (χ2v) is 8.54. The van der Waals surface area contributed by atoms with E-state index in [1.807, 2.05) is 31.2 Å². The number of aromatic carboxylic acids is 1. The lowest BCUT2D eigenvalue weighted by atomic mass is 9.98. The summed E-state index contributed by atoms with van der Waals surface area (Å²) in [5.41, 5.74) is 5.33. The smallest absolute Gasteiger partial charge is 0.407 e. The van der Waals surface area contributed by atoms with Crippen LogP contribution in [0.3, 0.4) is 0 Å². The van der Waals surface area contributed by atoms with Gasteiger partial charge in [0.05, 0.1) is 5.56 Å². The summed E-state index contributed by atoms with van der Waals surface area (Å²) in [5.74, 6) is -1.24. The molecule has 4 rings (SSSR count). The van der Waals surface area contributed by atoms with Crippen molar-refractivity contribution in [3.05, 3.63) is 89.5 Å². The minimum atomic E-state index is -1.02. The molecule has 3 aromatic rings. The number of rotatable bonds is 9. The summed E-state index contributed by atoms with van der Waals surface area (Å²) in [6, 6.07) is 22.1. The Hall–Kier alpha value is -4.13. The van der Waals surface area contributed by atoms with Gasteiger partial charge in [-0.2, -0.15) is 0 Å². The van der Waals surface area contributed by atoms with Crippen LogP contribution in [0.2, 0.25) is 0 Å². The predicted octanol–water partition coefficient (Wildman–Crippen LogP) is 5.42. The van der Waals surface area contributed by atoms with Gasteiger partial charge in [-0.25, -0.2) is 9.59 Å². The largest absolute Gasteiger partial charge is 0.478 e. The standard InChI is InChI=1S/C28H28N2O5/c1-2-19(15-16-26(31)29-20-13-11-18(12-14-20)27(32)33)30-28(34)35-17-25-23-9-5-3-7-21(23)22-8-4-6-10-24(22)25/h3-14,19,25H,2,15-17H2,1H3,(H,29,31)(H,30,34)(H,32,33). The van der Waals surface area contributed by atoms with Gasteiger partial charge in [0, 0.05) is 24.1 Å². The van der Waals surface area contributed by atoms with Crippen molar-refractivity contribution >= 4 is 23.7 Å². The normalized spacial score (nSPS) is 12.8. The van der Waals surface area contributed by atoms with Crippen LogP contribution in [-0.4, -0.2) is 35.7 Å². The van der Waals surface area contributed by atoms with Gasteiger partial charge >= 0.3 is 12.1 Å². The first-order valence-corrected chi connectivity index (χ1v) is 11.7. The van der Waals surface area contributed by atoms with Crippen LogP contribution in [-0.2, 0) is 9.53 Å². The van der Waals surface area contributed by atoms with Crippen LogP contribution in [0.15, 0.2) is 72.8 Å². The number of alkyl carbamates (subject to hydrolysis) is 1. The van der Waals surface area contributed by atoms with E-state index in [1.54, 1.807) is 12.1 Å². The van der Waals surface area contributed by atoms with Crippen molar-refractivity contribution in [2.45, 2.75) is 38.1 Å². The van der Waals surface area contributed by atoms with Gasteiger partial charge < -0.3 is 20.5 Å². The maximum absolute atomic E-state index is 12.5. The first-order valence-electron chi connectivity index (χ1n) is 11.7. The van der Waals surface area contributed by atoms with Crippen molar-refractivity contribution in [2.24, 2.45) is 0 Å². The Labute approximate surface area is 204 Å². The van der Waals surface area contributed by atoms with Crippen molar-refractivity contribution in [1.29, 1.82) is 0 Å². The molecule has 0 aromatic heterocycles. The summed E-state index contributed by atoms with van der Waals surface area (Å²) in [6.07, 6.45) is 0.830. The Bertz CT molecular complexity index is 1180. The van der Waals surface area contributed by atoms with Gasteiger partial charge in [0.1, 0.15) is 6.61 Å². The lowest BCUT2D eigenvalue weighted by Crippen LogP contribution is -2.36. The van der Waals surface area contributed by atoms with Crippen LogP contribution < -0.4 is 10.6 Å². The van der Waals surface area contributed by atoms with E-state index < -0.39 is 12.1 Å². The zero-order chi connectivity index (χ0) is 24.8. The van der Waals surface area contributed by atoms with Gasteiger partial charge in [-0.05, 0) is 59.4 Å². The summed E-state index contributed by atoms with van der Waals surface area (Å²) >= 11 is 0. The molecule has 3 aromatic carbocycles. The van der Waals surface area contributed by atoms with E-state index in [0.29, 0.717) is 18.5 Å². The molecule has 2 amide bonds. The highest BCUT2D eigenvalue weighted by Crippen LogP contribution is 2.44. The monoisotopic (exact) mass is 472 g/mol. The second kappa shape index (κ2) is 10.9. The molecule has 35 heavy (non-hydrogen) atoms. The maximum Gasteiger partial charge on any atom is 0.407 e. The molecule has 0 radical (unpaired) electrons. The number of benzene rings is 3. The third kappa shape index (κ3) is 5.69. The Morgan fingerprint density at radius 1 is 0.914 bits per heavy atom. The Kier molecular flexibility index (Phi) is 7.45. The van der Waals surface area contributed by atoms with Crippen LogP contribution in [0.5, 0.6) is 0 Å². The van der Waals surface area contributed by atoms with E-state index >= 15 is 0 Å². The average molecular weight is 473 g/mol. The Morgan fingerprint density at radius 2 is 1.51 bits per heavy atom. The van der Waals surface area contributed by atoms with Gasteiger partial charge in [0.2, 0.25) is 5.91 Å². The van der Waals surface area contributed by atoms with Crippen molar-refractivity contribution in [3.8, 4) is 11.1 Å². The number of carboxylic acids is 1. The van der Waals surface area contributed by atoms with Gasteiger partial charge in [0.25, 0.3) is 0 Å². The molecule has 0 bridgehead atoms. The third-order valence-corrected chi connectivity index (χ3v) is 6.29. The van der Waals surface area contributed by atoms with Gasteiger partial charge in [-0.1, -0.05) is 55.5 Å². The fourth-order valence-electron chi connectivity index (χ4n) is 4.41. The first kappa shape index (κ1) is 24.0. The number of anilines is 1. The highest BCUT2D eigenvalue weighted by Gasteiger charge is 2.29. The first-order chi connectivity index (χ1) is 17.0. The topological polar surface area (TPSA) is 105 Å². The number of hydrogen-bond acceptors (Lipinski definition) is 4. The number of fused-ring (bicyclic) bond motifs is 3. The molecule has 0 saturated carbocycles. The van der Waals surface area contributed by atoms with E-state index in [2.05, 4.69) is 34.9 Å². The number of nitrogens with one attached hydrogen (secondary N) is 2. The Balaban J connectivity index is 1.27. The molecule has 1 atom stereocenters. The van der Waals surface area contributed by atoms with Crippen molar-refractivity contribution < 1.29 is 24.2 Å².